The Morgan fingerprint density at radius 2 is 1.78 bits per heavy atom. The van der Waals surface area contributed by atoms with Crippen LogP contribution in [-0.2, 0) is 6.54 Å². The Labute approximate surface area is 262 Å². The maximum atomic E-state index is 13.8. The topological polar surface area (TPSA) is 113 Å². The lowest BCUT2D eigenvalue weighted by molar-refractivity contribution is 0.0341. The fourth-order valence-corrected chi connectivity index (χ4v) is 5.86. The lowest BCUT2D eigenvalue weighted by Gasteiger charge is -2.38. The van der Waals surface area contributed by atoms with E-state index in [2.05, 4.69) is 22.5 Å². The van der Waals surface area contributed by atoms with Crippen molar-refractivity contribution in [3.8, 4) is 17.2 Å². The molecule has 234 valence electrons. The molecule has 10 heteroatoms. The Balaban J connectivity index is 1.21. The molecule has 3 atom stereocenters. The number of hydrogen-bond donors (Lipinski definition) is 3. The molecule has 2 aliphatic heterocycles. The van der Waals surface area contributed by atoms with E-state index in [0.29, 0.717) is 42.3 Å². The van der Waals surface area contributed by atoms with Crippen LogP contribution in [0.25, 0.3) is 10.8 Å². The SMILES string of the molecule is C[C@@H]1CN([C@H](C)CO)C(=O)c2cc(NC(=O)Nc3cccc4ccccc34)ccc2O[C@H]1CN(C)Cc1ccc2c(c1)OCO2. The van der Waals surface area contributed by atoms with Crippen LogP contribution < -0.4 is 24.8 Å². The Bertz CT molecular complexity index is 1710. The molecule has 4 aromatic carbocycles. The summed E-state index contributed by atoms with van der Waals surface area (Å²) in [5, 5.41) is 17.7. The third-order valence-corrected chi connectivity index (χ3v) is 8.34. The average Bonchev–Trinajstić information content (AvgIpc) is 3.51. The lowest BCUT2D eigenvalue weighted by Crippen LogP contribution is -2.49. The number of fused-ring (bicyclic) bond motifs is 3. The summed E-state index contributed by atoms with van der Waals surface area (Å²) in [5.74, 6) is 1.64. The molecule has 3 amide bonds. The third-order valence-electron chi connectivity index (χ3n) is 8.34. The summed E-state index contributed by atoms with van der Waals surface area (Å²) in [6.07, 6.45) is -0.252. The van der Waals surface area contributed by atoms with Crippen LogP contribution in [0.1, 0.15) is 29.8 Å². The Morgan fingerprint density at radius 1 is 1.00 bits per heavy atom. The van der Waals surface area contributed by atoms with Crippen LogP contribution in [-0.4, -0.2) is 72.5 Å². The minimum absolute atomic E-state index is 0.0282. The van der Waals surface area contributed by atoms with Gasteiger partial charge in [-0.2, -0.15) is 0 Å². The van der Waals surface area contributed by atoms with E-state index in [1.165, 1.54) is 0 Å². The Morgan fingerprint density at radius 3 is 2.62 bits per heavy atom. The van der Waals surface area contributed by atoms with Crippen LogP contribution in [0.4, 0.5) is 16.2 Å². The Hall–Kier alpha value is -4.80. The second-order valence-corrected chi connectivity index (χ2v) is 11.8. The first-order chi connectivity index (χ1) is 21.8. The summed E-state index contributed by atoms with van der Waals surface area (Å²) in [6, 6.07) is 23.7. The van der Waals surface area contributed by atoms with Crippen molar-refractivity contribution in [3.05, 3.63) is 90.0 Å². The summed E-state index contributed by atoms with van der Waals surface area (Å²) >= 11 is 0. The van der Waals surface area contributed by atoms with Crippen molar-refractivity contribution in [2.24, 2.45) is 5.92 Å². The van der Waals surface area contributed by atoms with Gasteiger partial charge in [0.2, 0.25) is 6.79 Å². The summed E-state index contributed by atoms with van der Waals surface area (Å²) in [6.45, 7) is 5.61. The molecule has 0 fully saturated rings. The van der Waals surface area contributed by atoms with Gasteiger partial charge in [-0.1, -0.05) is 49.4 Å². The van der Waals surface area contributed by atoms with E-state index in [1.807, 2.05) is 74.6 Å². The highest BCUT2D eigenvalue weighted by Gasteiger charge is 2.33. The maximum Gasteiger partial charge on any atom is 0.323 e. The number of anilines is 2. The number of amides is 3. The fraction of sp³-hybridized carbons (Fsp3) is 0.314. The van der Waals surface area contributed by atoms with Crippen molar-refractivity contribution in [3.63, 3.8) is 0 Å². The van der Waals surface area contributed by atoms with Crippen LogP contribution in [0.3, 0.4) is 0 Å². The van der Waals surface area contributed by atoms with Gasteiger partial charge in [0.05, 0.1) is 23.9 Å². The van der Waals surface area contributed by atoms with Gasteiger partial charge in [-0.05, 0) is 61.3 Å². The zero-order chi connectivity index (χ0) is 31.5. The van der Waals surface area contributed by atoms with E-state index in [4.69, 9.17) is 14.2 Å². The standard InChI is InChI=1S/C35H38N4O6/c1-22-17-39(23(2)20-40)34(41)28-16-26(36-35(42)37-29-10-6-8-25-7-4-5-9-27(25)29)12-14-30(28)45-33(22)19-38(3)18-24-11-13-31-32(15-24)44-21-43-31/h4-16,22-23,33,40H,17-21H2,1-3H3,(H2,36,37,42)/t22-,23-,33+/m1/s1. The highest BCUT2D eigenvalue weighted by Crippen LogP contribution is 2.34. The molecule has 4 aromatic rings. The predicted molar refractivity (Wildman–Crippen MR) is 173 cm³/mol. The van der Waals surface area contributed by atoms with E-state index in [9.17, 15) is 14.7 Å². The largest absolute Gasteiger partial charge is 0.488 e. The summed E-state index contributed by atoms with van der Waals surface area (Å²) in [5.41, 5.74) is 2.54. The number of likely N-dealkylation sites (N-methyl/N-ethyl adjacent to an activating group) is 1. The number of nitrogens with zero attached hydrogens (tertiary/aromatic N) is 2. The number of urea groups is 1. The molecular weight excluding hydrogens is 572 g/mol. The fourth-order valence-electron chi connectivity index (χ4n) is 5.86. The molecule has 3 N–H and O–H groups in total. The number of carbonyl (C=O) groups is 2. The predicted octanol–water partition coefficient (Wildman–Crippen LogP) is 5.56. The molecule has 45 heavy (non-hydrogen) atoms. The molecule has 0 aliphatic carbocycles. The van der Waals surface area contributed by atoms with Gasteiger partial charge in [0.1, 0.15) is 11.9 Å². The van der Waals surface area contributed by atoms with E-state index in [0.717, 1.165) is 27.8 Å². The number of carbonyl (C=O) groups excluding carboxylic acids is 2. The Kier molecular flexibility index (Phi) is 8.77. The highest BCUT2D eigenvalue weighted by atomic mass is 16.7. The van der Waals surface area contributed by atoms with Gasteiger partial charge in [-0.3, -0.25) is 9.69 Å². The van der Waals surface area contributed by atoms with Crippen LogP contribution in [0.2, 0.25) is 0 Å². The normalized spacial score (nSPS) is 18.2. The lowest BCUT2D eigenvalue weighted by atomic mass is 9.99. The molecule has 0 radical (unpaired) electrons. The molecule has 6 rings (SSSR count). The molecule has 0 bridgehead atoms. The van der Waals surface area contributed by atoms with Crippen molar-refractivity contribution in [2.75, 3.05) is 44.2 Å². The van der Waals surface area contributed by atoms with Crippen LogP contribution in [0.5, 0.6) is 17.2 Å². The quantitative estimate of drug-likeness (QED) is 0.239. The first-order valence-corrected chi connectivity index (χ1v) is 15.1. The maximum absolute atomic E-state index is 13.8. The molecule has 0 unspecified atom stereocenters. The van der Waals surface area contributed by atoms with Crippen LogP contribution in [0, 0.1) is 5.92 Å². The molecule has 0 saturated heterocycles. The monoisotopic (exact) mass is 610 g/mol. The van der Waals surface area contributed by atoms with Crippen molar-refractivity contribution >= 4 is 34.1 Å². The van der Waals surface area contributed by atoms with Gasteiger partial charge in [0, 0.05) is 36.6 Å². The highest BCUT2D eigenvalue weighted by molar-refractivity contribution is 6.07. The van der Waals surface area contributed by atoms with Gasteiger partial charge in [0.25, 0.3) is 5.91 Å². The van der Waals surface area contributed by atoms with Gasteiger partial charge in [-0.15, -0.1) is 0 Å². The van der Waals surface area contributed by atoms with Gasteiger partial charge < -0.3 is 34.9 Å². The molecule has 0 spiro atoms. The van der Waals surface area contributed by atoms with Crippen molar-refractivity contribution < 1.29 is 28.9 Å². The molecule has 2 aliphatic rings. The van der Waals surface area contributed by atoms with Crippen molar-refractivity contribution in [1.82, 2.24) is 9.80 Å². The minimum Gasteiger partial charge on any atom is -0.488 e. The zero-order valence-corrected chi connectivity index (χ0v) is 25.7. The van der Waals surface area contributed by atoms with Crippen LogP contribution in [0.15, 0.2) is 78.9 Å². The number of benzene rings is 4. The second-order valence-electron chi connectivity index (χ2n) is 11.8. The second kappa shape index (κ2) is 13.1. The molecule has 10 nitrogen and oxygen atoms in total. The van der Waals surface area contributed by atoms with Crippen molar-refractivity contribution in [1.29, 1.82) is 0 Å². The first-order valence-electron chi connectivity index (χ1n) is 15.1. The first kappa shape index (κ1) is 30.2. The van der Waals surface area contributed by atoms with Crippen molar-refractivity contribution in [2.45, 2.75) is 32.5 Å². The number of aliphatic hydroxyl groups is 1. The number of ether oxygens (including phenoxy) is 3. The number of hydrogen-bond acceptors (Lipinski definition) is 7. The van der Waals surface area contributed by atoms with E-state index < -0.39 is 12.1 Å². The van der Waals surface area contributed by atoms with Gasteiger partial charge >= 0.3 is 6.03 Å². The number of aliphatic hydroxyl groups excluding tert-OH is 1. The summed E-state index contributed by atoms with van der Waals surface area (Å²) < 4.78 is 17.5. The van der Waals surface area contributed by atoms with Crippen LogP contribution >= 0.6 is 0 Å². The number of rotatable bonds is 8. The van der Waals surface area contributed by atoms with E-state index in [1.54, 1.807) is 23.1 Å². The van der Waals surface area contributed by atoms with E-state index in [-0.39, 0.29) is 31.3 Å². The van der Waals surface area contributed by atoms with E-state index >= 15 is 0 Å². The zero-order valence-electron chi connectivity index (χ0n) is 25.7. The third kappa shape index (κ3) is 6.67. The molecule has 0 saturated carbocycles. The minimum atomic E-state index is -0.428. The molecule has 0 aromatic heterocycles. The average molecular weight is 611 g/mol. The summed E-state index contributed by atoms with van der Waals surface area (Å²) in [4.78, 5) is 30.8. The number of nitrogens with one attached hydrogen (secondary N) is 2. The summed E-state index contributed by atoms with van der Waals surface area (Å²) in [7, 11) is 2.03. The molecule has 2 heterocycles. The smallest absolute Gasteiger partial charge is 0.323 e. The van der Waals surface area contributed by atoms with Gasteiger partial charge in [0.15, 0.2) is 11.5 Å². The van der Waals surface area contributed by atoms with Gasteiger partial charge in [-0.25, -0.2) is 4.79 Å². The molecular formula is C35H38N4O6.